The lowest BCUT2D eigenvalue weighted by atomic mass is 9.99. The van der Waals surface area contributed by atoms with E-state index in [1.165, 1.54) is 6.07 Å². The van der Waals surface area contributed by atoms with Gasteiger partial charge in [-0.1, -0.05) is 19.8 Å². The molecule has 1 aliphatic carbocycles. The van der Waals surface area contributed by atoms with E-state index in [9.17, 15) is 9.18 Å². The summed E-state index contributed by atoms with van der Waals surface area (Å²) in [4.78, 5) is 12.3. The third kappa shape index (κ3) is 4.11. The summed E-state index contributed by atoms with van der Waals surface area (Å²) in [7, 11) is 0. The zero-order valence-corrected chi connectivity index (χ0v) is 13.9. The molecule has 0 bridgehead atoms. The Hall–Kier alpha value is -1.42. The summed E-state index contributed by atoms with van der Waals surface area (Å²) in [6.07, 6.45) is 5.56. The van der Waals surface area contributed by atoms with E-state index in [1.807, 2.05) is 0 Å². The third-order valence-electron chi connectivity index (χ3n) is 4.77. The van der Waals surface area contributed by atoms with Crippen molar-refractivity contribution in [2.75, 3.05) is 19.7 Å². The molecular weight excluding hydrogens is 293 g/mol. The lowest BCUT2D eigenvalue weighted by Gasteiger charge is -2.27. The average Bonchev–Trinajstić information content (AvgIpc) is 3.30. The van der Waals surface area contributed by atoms with Crippen LogP contribution in [0.5, 0.6) is 5.75 Å². The monoisotopic (exact) mass is 319 g/mol. The lowest BCUT2D eigenvalue weighted by molar-refractivity contribution is 0.0975. The first-order valence-electron chi connectivity index (χ1n) is 8.89. The van der Waals surface area contributed by atoms with Crippen LogP contribution in [0.1, 0.15) is 67.3 Å². The molecule has 1 saturated carbocycles. The largest absolute Gasteiger partial charge is 0.493 e. The standard InChI is InChI=1S/C19H26FNO2/c1-2-3-4-5-18(22)16-8-15(14-6-7-14)19(9-17(16)20)23-12-13-10-21-11-13/h8-9,13-14,21H,2-7,10-12H2,1H3. The van der Waals surface area contributed by atoms with E-state index in [4.69, 9.17) is 4.74 Å². The van der Waals surface area contributed by atoms with Crippen LogP contribution in [0.2, 0.25) is 0 Å². The maximum Gasteiger partial charge on any atom is 0.165 e. The number of hydrogen-bond acceptors (Lipinski definition) is 3. The van der Waals surface area contributed by atoms with Crippen molar-refractivity contribution in [2.45, 2.75) is 51.4 Å². The Labute approximate surface area is 137 Å². The molecule has 0 atom stereocenters. The van der Waals surface area contributed by atoms with Gasteiger partial charge in [-0.05, 0) is 36.8 Å². The van der Waals surface area contributed by atoms with E-state index in [1.54, 1.807) is 6.07 Å². The maximum atomic E-state index is 14.4. The summed E-state index contributed by atoms with van der Waals surface area (Å²) in [5, 5.41) is 3.21. The second-order valence-corrected chi connectivity index (χ2v) is 6.86. The number of hydrogen-bond donors (Lipinski definition) is 1. The highest BCUT2D eigenvalue weighted by molar-refractivity contribution is 5.96. The Morgan fingerprint density at radius 2 is 2.09 bits per heavy atom. The fourth-order valence-electron chi connectivity index (χ4n) is 2.97. The number of unbranched alkanes of at least 4 members (excludes halogenated alkanes) is 2. The molecule has 3 nitrogen and oxygen atoms in total. The van der Waals surface area contributed by atoms with E-state index in [-0.39, 0.29) is 11.3 Å². The van der Waals surface area contributed by atoms with Crippen LogP contribution in [0.3, 0.4) is 0 Å². The van der Waals surface area contributed by atoms with Crippen LogP contribution in [-0.2, 0) is 0 Å². The normalized spacial score (nSPS) is 17.8. The van der Waals surface area contributed by atoms with Gasteiger partial charge >= 0.3 is 0 Å². The molecule has 1 aromatic rings. The molecule has 23 heavy (non-hydrogen) atoms. The van der Waals surface area contributed by atoms with Crippen LogP contribution >= 0.6 is 0 Å². The van der Waals surface area contributed by atoms with E-state index >= 15 is 0 Å². The van der Waals surface area contributed by atoms with Crippen LogP contribution < -0.4 is 10.1 Å². The number of ether oxygens (including phenoxy) is 1. The Kier molecular flexibility index (Phi) is 5.31. The Morgan fingerprint density at radius 3 is 2.70 bits per heavy atom. The fourth-order valence-corrected chi connectivity index (χ4v) is 2.97. The van der Waals surface area contributed by atoms with Gasteiger partial charge in [0.2, 0.25) is 0 Å². The molecule has 3 rings (SSSR count). The number of halogens is 1. The molecule has 0 aromatic heterocycles. The summed E-state index contributed by atoms with van der Waals surface area (Å²) in [6, 6.07) is 3.20. The van der Waals surface area contributed by atoms with Crippen molar-refractivity contribution in [1.29, 1.82) is 0 Å². The predicted molar refractivity (Wildman–Crippen MR) is 88.7 cm³/mol. The zero-order chi connectivity index (χ0) is 16.2. The predicted octanol–water partition coefficient (Wildman–Crippen LogP) is 4.06. The molecule has 1 heterocycles. The molecule has 1 aromatic carbocycles. The minimum atomic E-state index is -0.433. The lowest BCUT2D eigenvalue weighted by Crippen LogP contribution is -2.45. The molecule has 0 spiro atoms. The Morgan fingerprint density at radius 1 is 1.30 bits per heavy atom. The highest BCUT2D eigenvalue weighted by Crippen LogP contribution is 2.45. The first-order chi connectivity index (χ1) is 11.2. The van der Waals surface area contributed by atoms with Crippen molar-refractivity contribution in [3.63, 3.8) is 0 Å². The van der Waals surface area contributed by atoms with Gasteiger partial charge in [-0.15, -0.1) is 0 Å². The van der Waals surface area contributed by atoms with Crippen molar-refractivity contribution < 1.29 is 13.9 Å². The number of benzene rings is 1. The van der Waals surface area contributed by atoms with Crippen LogP contribution in [0.4, 0.5) is 4.39 Å². The second-order valence-electron chi connectivity index (χ2n) is 6.86. The number of Topliss-reactive ketones (excluding diaryl/α,β-unsaturated/α-hetero) is 1. The van der Waals surface area contributed by atoms with E-state index in [0.29, 0.717) is 30.6 Å². The topological polar surface area (TPSA) is 38.3 Å². The number of carbonyl (C=O) groups excluding carboxylic acids is 1. The van der Waals surface area contributed by atoms with E-state index < -0.39 is 5.82 Å². The van der Waals surface area contributed by atoms with Crippen LogP contribution in [-0.4, -0.2) is 25.5 Å². The second kappa shape index (κ2) is 7.43. The fraction of sp³-hybridized carbons (Fsp3) is 0.632. The molecule has 1 saturated heterocycles. The molecule has 2 aliphatic rings. The molecule has 126 valence electrons. The highest BCUT2D eigenvalue weighted by Gasteiger charge is 2.30. The van der Waals surface area contributed by atoms with Gasteiger partial charge in [0.25, 0.3) is 0 Å². The summed E-state index contributed by atoms with van der Waals surface area (Å²) >= 11 is 0. The molecule has 1 N–H and O–H groups in total. The van der Waals surface area contributed by atoms with Crippen molar-refractivity contribution in [2.24, 2.45) is 5.92 Å². The minimum Gasteiger partial charge on any atom is -0.493 e. The first-order valence-corrected chi connectivity index (χ1v) is 8.89. The first kappa shape index (κ1) is 16.4. The molecular formula is C19H26FNO2. The number of ketones is 1. The summed E-state index contributed by atoms with van der Waals surface area (Å²) in [5.74, 6) is 1.08. The summed E-state index contributed by atoms with van der Waals surface area (Å²) in [5.41, 5.74) is 1.28. The van der Waals surface area contributed by atoms with E-state index in [0.717, 1.165) is 50.8 Å². The van der Waals surface area contributed by atoms with E-state index in [2.05, 4.69) is 12.2 Å². The van der Waals surface area contributed by atoms with Crippen molar-refractivity contribution in [3.05, 3.63) is 29.1 Å². The number of carbonyl (C=O) groups is 1. The maximum absolute atomic E-state index is 14.4. The number of rotatable bonds is 9. The minimum absolute atomic E-state index is 0.0763. The quantitative estimate of drug-likeness (QED) is 0.551. The van der Waals surface area contributed by atoms with Gasteiger partial charge in [0, 0.05) is 31.5 Å². The van der Waals surface area contributed by atoms with Gasteiger partial charge in [0.05, 0.1) is 12.2 Å². The van der Waals surface area contributed by atoms with Gasteiger partial charge < -0.3 is 10.1 Å². The highest BCUT2D eigenvalue weighted by atomic mass is 19.1. The molecule has 1 aliphatic heterocycles. The SMILES string of the molecule is CCCCCC(=O)c1cc(C2CC2)c(OCC2CNC2)cc1F. The van der Waals surface area contributed by atoms with Crippen molar-refractivity contribution in [1.82, 2.24) is 5.32 Å². The molecule has 0 radical (unpaired) electrons. The van der Waals surface area contributed by atoms with Gasteiger partial charge in [-0.25, -0.2) is 4.39 Å². The molecule has 0 amide bonds. The molecule has 2 fully saturated rings. The van der Waals surface area contributed by atoms with Gasteiger partial charge in [0.1, 0.15) is 11.6 Å². The van der Waals surface area contributed by atoms with Crippen LogP contribution in [0.25, 0.3) is 0 Å². The van der Waals surface area contributed by atoms with Gasteiger partial charge in [-0.3, -0.25) is 4.79 Å². The third-order valence-corrected chi connectivity index (χ3v) is 4.77. The smallest absolute Gasteiger partial charge is 0.165 e. The summed E-state index contributed by atoms with van der Waals surface area (Å²) in [6.45, 7) is 4.65. The molecule has 0 unspecified atom stereocenters. The van der Waals surface area contributed by atoms with Crippen LogP contribution in [0.15, 0.2) is 12.1 Å². The van der Waals surface area contributed by atoms with Crippen LogP contribution in [0, 0.1) is 11.7 Å². The Balaban J connectivity index is 1.73. The zero-order valence-electron chi connectivity index (χ0n) is 13.9. The Bertz CT molecular complexity index is 565. The van der Waals surface area contributed by atoms with Gasteiger partial charge in [-0.2, -0.15) is 0 Å². The number of nitrogens with one attached hydrogen (secondary N) is 1. The molecule has 4 heteroatoms. The van der Waals surface area contributed by atoms with Crippen molar-refractivity contribution >= 4 is 5.78 Å². The van der Waals surface area contributed by atoms with Crippen molar-refractivity contribution in [3.8, 4) is 5.75 Å². The van der Waals surface area contributed by atoms with Gasteiger partial charge in [0.15, 0.2) is 5.78 Å². The average molecular weight is 319 g/mol. The summed E-state index contributed by atoms with van der Waals surface area (Å²) < 4.78 is 20.2.